The number of hydrogen-bond donors (Lipinski definition) is 5. The van der Waals surface area contributed by atoms with Crippen molar-refractivity contribution in [3.8, 4) is 5.75 Å². The number of ketones is 2. The van der Waals surface area contributed by atoms with Crippen molar-refractivity contribution in [2.24, 2.45) is 29.4 Å². The Balaban J connectivity index is 1.57. The van der Waals surface area contributed by atoms with Crippen molar-refractivity contribution in [1.82, 2.24) is 4.90 Å². The number of benzene rings is 1. The highest BCUT2D eigenvalue weighted by Crippen LogP contribution is 2.52. The van der Waals surface area contributed by atoms with E-state index in [1.54, 1.807) is 19.0 Å². The molecule has 9 nitrogen and oxygen atoms in total. The van der Waals surface area contributed by atoms with E-state index < -0.39 is 58.7 Å². The van der Waals surface area contributed by atoms with Gasteiger partial charge in [0.25, 0.3) is 0 Å². The number of aliphatic hydroxyl groups is 3. The van der Waals surface area contributed by atoms with Crippen molar-refractivity contribution < 1.29 is 34.8 Å². The summed E-state index contributed by atoms with van der Waals surface area (Å²) in [6.07, 6.45) is 6.99. The summed E-state index contributed by atoms with van der Waals surface area (Å²) < 4.78 is 0. The first kappa shape index (κ1) is 26.8. The standard InChI is InChI=1S/C29H38N2O7/c1-31(2)23-18-13-16-12-17-15(9-8-14-6-4-3-5-7-14)10-11-19(32)21(17)24(33)20(16)26(35)29(18,38)27(36)22(25(23)34)28(30)37/h10-11,14,16,18,22-23,25,32-34,38H,3-9,12-13H2,1-2H3,(H2,30,37)/t16-,18-,22?,23-,25?,29-/m1/s1. The molecule has 1 amide bonds. The number of aromatic hydroxyl groups is 1. The Morgan fingerprint density at radius 3 is 2.45 bits per heavy atom. The van der Waals surface area contributed by atoms with E-state index in [0.717, 1.165) is 24.0 Å². The number of aliphatic hydroxyl groups excluding tert-OH is 2. The summed E-state index contributed by atoms with van der Waals surface area (Å²) in [6.45, 7) is 0. The molecule has 206 valence electrons. The minimum atomic E-state index is -2.63. The third kappa shape index (κ3) is 3.98. The average Bonchev–Trinajstić information content (AvgIpc) is 2.86. The van der Waals surface area contributed by atoms with Crippen LogP contribution < -0.4 is 5.73 Å². The van der Waals surface area contributed by atoms with E-state index in [1.165, 1.54) is 38.2 Å². The molecular formula is C29H38N2O7. The summed E-state index contributed by atoms with van der Waals surface area (Å²) in [5, 5.41) is 44.8. The Labute approximate surface area is 222 Å². The number of Topliss-reactive ketones (excluding diaryl/α,β-unsaturated/α-hetero) is 2. The summed E-state index contributed by atoms with van der Waals surface area (Å²) in [5.74, 6) is -6.48. The minimum Gasteiger partial charge on any atom is -0.507 e. The fourth-order valence-corrected chi connectivity index (χ4v) is 7.74. The number of aryl methyl sites for hydroxylation is 1. The van der Waals surface area contributed by atoms with Crippen LogP contribution >= 0.6 is 0 Å². The maximum Gasteiger partial charge on any atom is 0.230 e. The molecule has 4 aliphatic carbocycles. The Morgan fingerprint density at radius 2 is 1.82 bits per heavy atom. The highest BCUT2D eigenvalue weighted by molar-refractivity contribution is 6.25. The summed E-state index contributed by atoms with van der Waals surface area (Å²) >= 11 is 0. The molecule has 9 heteroatoms. The predicted molar refractivity (Wildman–Crippen MR) is 139 cm³/mol. The molecule has 0 aromatic heterocycles. The van der Waals surface area contributed by atoms with Gasteiger partial charge in [-0.2, -0.15) is 0 Å². The molecule has 0 heterocycles. The molecule has 4 aliphatic rings. The van der Waals surface area contributed by atoms with Crippen molar-refractivity contribution in [2.45, 2.75) is 75.5 Å². The molecular weight excluding hydrogens is 488 g/mol. The van der Waals surface area contributed by atoms with Crippen LogP contribution in [0.15, 0.2) is 17.7 Å². The number of nitrogens with zero attached hydrogens (tertiary/aromatic N) is 1. The maximum absolute atomic E-state index is 13.9. The van der Waals surface area contributed by atoms with Crippen LogP contribution in [-0.4, -0.2) is 74.6 Å². The van der Waals surface area contributed by atoms with Crippen LogP contribution in [0.25, 0.3) is 5.76 Å². The van der Waals surface area contributed by atoms with Gasteiger partial charge in [-0.3, -0.25) is 14.4 Å². The van der Waals surface area contributed by atoms with Crippen LogP contribution in [0.5, 0.6) is 5.75 Å². The highest BCUT2D eigenvalue weighted by Gasteiger charge is 2.67. The van der Waals surface area contributed by atoms with E-state index in [4.69, 9.17) is 5.73 Å². The van der Waals surface area contributed by atoms with Gasteiger partial charge >= 0.3 is 0 Å². The van der Waals surface area contributed by atoms with Gasteiger partial charge in [0, 0.05) is 17.5 Å². The van der Waals surface area contributed by atoms with Crippen LogP contribution in [-0.2, 0) is 27.2 Å². The Hall–Kier alpha value is -2.75. The SMILES string of the molecule is CN(C)[C@H]1C(O)C(C(N)=O)C(=O)[C@]2(O)C(=O)C3=C(O)c4c(O)ccc(CCC5CCCCC5)c4C[C@@H]3C[C@H]12. The van der Waals surface area contributed by atoms with E-state index in [1.807, 2.05) is 6.07 Å². The second kappa shape index (κ2) is 9.77. The molecule has 5 rings (SSSR count). The van der Waals surface area contributed by atoms with Crippen molar-refractivity contribution in [3.05, 3.63) is 34.4 Å². The molecule has 0 radical (unpaired) electrons. The molecule has 3 saturated carbocycles. The number of hydrogen-bond acceptors (Lipinski definition) is 8. The third-order valence-corrected chi connectivity index (χ3v) is 9.62. The monoisotopic (exact) mass is 526 g/mol. The van der Waals surface area contributed by atoms with Gasteiger partial charge in [0.1, 0.15) is 17.4 Å². The number of likely N-dealkylation sites (N-methyl/N-ethyl adjacent to an activating group) is 1. The van der Waals surface area contributed by atoms with Gasteiger partial charge in [-0.25, -0.2) is 0 Å². The molecule has 1 aromatic rings. The number of phenolic OH excluding ortho intramolecular Hbond substituents is 1. The smallest absolute Gasteiger partial charge is 0.230 e. The van der Waals surface area contributed by atoms with Gasteiger partial charge in [0.15, 0.2) is 11.4 Å². The molecule has 6 N–H and O–H groups in total. The zero-order chi connectivity index (χ0) is 27.5. The largest absolute Gasteiger partial charge is 0.507 e. The normalized spacial score (nSPS) is 33.7. The highest BCUT2D eigenvalue weighted by atomic mass is 16.3. The third-order valence-electron chi connectivity index (χ3n) is 9.62. The summed E-state index contributed by atoms with van der Waals surface area (Å²) in [7, 11) is 3.29. The molecule has 0 bridgehead atoms. The number of primary amides is 1. The predicted octanol–water partition coefficient (Wildman–Crippen LogP) is 1.64. The number of carbonyl (C=O) groups is 3. The van der Waals surface area contributed by atoms with Crippen LogP contribution in [0.4, 0.5) is 0 Å². The first-order valence-electron chi connectivity index (χ1n) is 13.7. The van der Waals surface area contributed by atoms with Gasteiger partial charge in [-0.05, 0) is 68.8 Å². The van der Waals surface area contributed by atoms with E-state index >= 15 is 0 Å². The van der Waals surface area contributed by atoms with Gasteiger partial charge in [0.2, 0.25) is 11.7 Å². The lowest BCUT2D eigenvalue weighted by Crippen LogP contribution is -2.73. The number of rotatable bonds is 5. The van der Waals surface area contributed by atoms with Crippen LogP contribution in [0.1, 0.15) is 61.6 Å². The Bertz CT molecular complexity index is 1200. The van der Waals surface area contributed by atoms with Crippen LogP contribution in [0.2, 0.25) is 0 Å². The molecule has 6 atom stereocenters. The van der Waals surface area contributed by atoms with Gasteiger partial charge in [-0.15, -0.1) is 0 Å². The fraction of sp³-hybridized carbons (Fsp3) is 0.621. The lowest BCUT2D eigenvalue weighted by molar-refractivity contribution is -0.184. The average molecular weight is 527 g/mol. The summed E-state index contributed by atoms with van der Waals surface area (Å²) in [4.78, 5) is 41.0. The lowest BCUT2D eigenvalue weighted by atomic mass is 9.54. The van der Waals surface area contributed by atoms with Gasteiger partial charge in [-0.1, -0.05) is 38.2 Å². The Morgan fingerprint density at radius 1 is 1.13 bits per heavy atom. The molecule has 38 heavy (non-hydrogen) atoms. The number of nitrogens with two attached hydrogens (primary N) is 1. The van der Waals surface area contributed by atoms with Crippen molar-refractivity contribution in [3.63, 3.8) is 0 Å². The van der Waals surface area contributed by atoms with Crippen LogP contribution in [0.3, 0.4) is 0 Å². The maximum atomic E-state index is 13.9. The fourth-order valence-electron chi connectivity index (χ4n) is 7.74. The van der Waals surface area contributed by atoms with Crippen molar-refractivity contribution in [1.29, 1.82) is 0 Å². The number of carbonyl (C=O) groups excluding carboxylic acids is 3. The molecule has 0 spiro atoms. The molecule has 1 aromatic carbocycles. The topological polar surface area (TPSA) is 161 Å². The lowest BCUT2D eigenvalue weighted by Gasteiger charge is -2.53. The first-order chi connectivity index (χ1) is 18.0. The zero-order valence-electron chi connectivity index (χ0n) is 22.0. The van der Waals surface area contributed by atoms with E-state index in [0.29, 0.717) is 12.3 Å². The zero-order valence-corrected chi connectivity index (χ0v) is 22.0. The second-order valence-corrected chi connectivity index (χ2v) is 11.9. The van der Waals surface area contributed by atoms with E-state index in [-0.39, 0.29) is 23.3 Å². The number of fused-ring (bicyclic) bond motifs is 3. The number of phenols is 1. The van der Waals surface area contributed by atoms with Gasteiger partial charge in [0.05, 0.1) is 11.7 Å². The van der Waals surface area contributed by atoms with Crippen molar-refractivity contribution in [2.75, 3.05) is 14.1 Å². The number of amides is 1. The molecule has 0 aliphatic heterocycles. The molecule has 2 unspecified atom stereocenters. The van der Waals surface area contributed by atoms with E-state index in [2.05, 4.69) is 0 Å². The summed E-state index contributed by atoms with van der Waals surface area (Å²) in [6, 6.07) is 2.51. The molecule has 0 saturated heterocycles. The first-order valence-corrected chi connectivity index (χ1v) is 13.7. The van der Waals surface area contributed by atoms with Crippen molar-refractivity contribution >= 4 is 23.2 Å². The quantitative estimate of drug-likeness (QED) is 0.362. The minimum absolute atomic E-state index is 0.110. The summed E-state index contributed by atoms with van der Waals surface area (Å²) in [5.41, 5.74) is 4.66. The molecule has 3 fully saturated rings. The Kier molecular flexibility index (Phi) is 6.90. The van der Waals surface area contributed by atoms with Crippen LogP contribution in [0, 0.1) is 23.7 Å². The second-order valence-electron chi connectivity index (χ2n) is 11.9. The van der Waals surface area contributed by atoms with E-state index in [9.17, 15) is 34.8 Å². The van der Waals surface area contributed by atoms with Gasteiger partial charge < -0.3 is 31.1 Å².